The average molecular weight is 277 g/mol. The van der Waals surface area contributed by atoms with Crippen LogP contribution in [0.1, 0.15) is 5.82 Å². The van der Waals surface area contributed by atoms with E-state index in [1.165, 1.54) is 6.20 Å². The first-order valence-corrected chi connectivity index (χ1v) is 7.01. The van der Waals surface area contributed by atoms with Crippen molar-refractivity contribution in [1.29, 1.82) is 0 Å². The van der Waals surface area contributed by atoms with Gasteiger partial charge in [-0.05, 0) is 19.1 Å². The number of hydrogen-bond donors (Lipinski definition) is 3. The highest BCUT2D eigenvalue weighted by molar-refractivity contribution is 7.92. The molecule has 0 aliphatic carbocycles. The fourth-order valence-corrected chi connectivity index (χ4v) is 2.84. The van der Waals surface area contributed by atoms with Crippen LogP contribution in [0.4, 0.5) is 5.69 Å². The van der Waals surface area contributed by atoms with Gasteiger partial charge in [-0.2, -0.15) is 13.5 Å². The zero-order valence-corrected chi connectivity index (χ0v) is 10.8. The Labute approximate surface area is 109 Å². The lowest BCUT2D eigenvalue weighted by Gasteiger charge is -2.06. The van der Waals surface area contributed by atoms with E-state index in [2.05, 4.69) is 24.9 Å². The number of rotatable bonds is 3. The third-order valence-electron chi connectivity index (χ3n) is 2.70. The van der Waals surface area contributed by atoms with E-state index in [0.717, 1.165) is 5.52 Å². The van der Waals surface area contributed by atoms with Crippen molar-refractivity contribution < 1.29 is 8.42 Å². The highest BCUT2D eigenvalue weighted by atomic mass is 32.2. The van der Waals surface area contributed by atoms with Gasteiger partial charge in [-0.25, -0.2) is 4.98 Å². The first-order chi connectivity index (χ1) is 9.06. The van der Waals surface area contributed by atoms with E-state index >= 15 is 0 Å². The summed E-state index contributed by atoms with van der Waals surface area (Å²) >= 11 is 0. The maximum Gasteiger partial charge on any atom is 0.279 e. The molecule has 1 aromatic carbocycles. The van der Waals surface area contributed by atoms with Crippen molar-refractivity contribution in [2.24, 2.45) is 0 Å². The van der Waals surface area contributed by atoms with Gasteiger partial charge in [0.2, 0.25) is 0 Å². The molecule has 0 atom stereocenters. The number of aromatic nitrogens is 4. The molecule has 0 radical (unpaired) electrons. The molecule has 3 N–H and O–H groups in total. The van der Waals surface area contributed by atoms with Crippen molar-refractivity contribution in [1.82, 2.24) is 20.2 Å². The second-order valence-electron chi connectivity index (χ2n) is 4.08. The molecular weight excluding hydrogens is 266 g/mol. The Kier molecular flexibility index (Phi) is 2.53. The maximum absolute atomic E-state index is 12.2. The Morgan fingerprint density at radius 1 is 1.26 bits per heavy atom. The molecule has 0 aliphatic heterocycles. The standard InChI is InChI=1S/C11H11N5O2S/c1-7-12-6-11(14-7)19(17,18)16-10-4-2-3-9-8(10)5-13-15-9/h2-6,16H,1H3,(H,12,14)(H,13,15). The predicted molar refractivity (Wildman–Crippen MR) is 70.2 cm³/mol. The molecule has 0 aliphatic rings. The van der Waals surface area contributed by atoms with Gasteiger partial charge < -0.3 is 4.98 Å². The van der Waals surface area contributed by atoms with Crippen LogP contribution in [0.5, 0.6) is 0 Å². The van der Waals surface area contributed by atoms with Crippen molar-refractivity contribution in [3.8, 4) is 0 Å². The van der Waals surface area contributed by atoms with Crippen molar-refractivity contribution in [3.05, 3.63) is 36.4 Å². The zero-order valence-electron chi connectivity index (χ0n) is 10.0. The summed E-state index contributed by atoms with van der Waals surface area (Å²) in [5.74, 6) is 0.543. The van der Waals surface area contributed by atoms with Crippen LogP contribution in [-0.2, 0) is 10.0 Å². The molecule has 0 saturated carbocycles. The third kappa shape index (κ3) is 2.06. The maximum atomic E-state index is 12.2. The molecule has 0 unspecified atom stereocenters. The molecule has 0 saturated heterocycles. The fraction of sp³-hybridized carbons (Fsp3) is 0.0909. The highest BCUT2D eigenvalue weighted by Gasteiger charge is 2.17. The monoisotopic (exact) mass is 277 g/mol. The number of benzene rings is 1. The van der Waals surface area contributed by atoms with Crippen LogP contribution in [-0.4, -0.2) is 28.6 Å². The second kappa shape index (κ2) is 4.09. The minimum absolute atomic E-state index is 0.0329. The summed E-state index contributed by atoms with van der Waals surface area (Å²) in [5.41, 5.74) is 1.24. The summed E-state index contributed by atoms with van der Waals surface area (Å²) < 4.78 is 26.9. The Morgan fingerprint density at radius 3 is 2.84 bits per heavy atom. The normalized spacial score (nSPS) is 11.8. The van der Waals surface area contributed by atoms with Gasteiger partial charge in [-0.15, -0.1) is 0 Å². The SMILES string of the molecule is Cc1ncc(S(=O)(=O)Nc2cccc3[nH]ncc23)[nH]1. The lowest BCUT2D eigenvalue weighted by atomic mass is 10.2. The topological polar surface area (TPSA) is 104 Å². The molecule has 19 heavy (non-hydrogen) atoms. The van der Waals surface area contributed by atoms with Gasteiger partial charge >= 0.3 is 0 Å². The number of H-pyrrole nitrogens is 2. The number of sulfonamides is 1. The summed E-state index contributed by atoms with van der Waals surface area (Å²) in [7, 11) is -3.67. The number of nitrogens with zero attached hydrogens (tertiary/aromatic N) is 2. The number of anilines is 1. The van der Waals surface area contributed by atoms with Crippen LogP contribution in [0.3, 0.4) is 0 Å². The lowest BCUT2D eigenvalue weighted by Crippen LogP contribution is -2.13. The van der Waals surface area contributed by atoms with E-state index in [9.17, 15) is 8.42 Å². The molecule has 0 spiro atoms. The number of aryl methyl sites for hydroxylation is 1. The van der Waals surface area contributed by atoms with Crippen molar-refractivity contribution >= 4 is 26.6 Å². The van der Waals surface area contributed by atoms with Crippen molar-refractivity contribution in [2.45, 2.75) is 11.9 Å². The Balaban J connectivity index is 2.03. The smallest absolute Gasteiger partial charge is 0.279 e. The zero-order chi connectivity index (χ0) is 13.5. The minimum atomic E-state index is -3.67. The number of hydrogen-bond acceptors (Lipinski definition) is 4. The van der Waals surface area contributed by atoms with Gasteiger partial charge in [0.25, 0.3) is 10.0 Å². The number of fused-ring (bicyclic) bond motifs is 1. The van der Waals surface area contributed by atoms with Crippen LogP contribution in [0.15, 0.2) is 35.6 Å². The van der Waals surface area contributed by atoms with E-state index in [1.807, 2.05) is 6.07 Å². The number of nitrogens with one attached hydrogen (secondary N) is 3. The van der Waals surface area contributed by atoms with Crippen LogP contribution in [0.25, 0.3) is 10.9 Å². The quantitative estimate of drug-likeness (QED) is 0.673. The first-order valence-electron chi connectivity index (χ1n) is 5.53. The van der Waals surface area contributed by atoms with Gasteiger partial charge in [-0.1, -0.05) is 6.07 Å². The van der Waals surface area contributed by atoms with Gasteiger partial charge in [0.15, 0.2) is 5.03 Å². The minimum Gasteiger partial charge on any atom is -0.332 e. The molecular formula is C11H11N5O2S. The molecule has 0 bridgehead atoms. The van der Waals surface area contributed by atoms with E-state index < -0.39 is 10.0 Å². The average Bonchev–Trinajstić information content (AvgIpc) is 2.97. The summed E-state index contributed by atoms with van der Waals surface area (Å²) in [6.07, 6.45) is 2.86. The molecule has 2 aromatic heterocycles. The fourth-order valence-electron chi connectivity index (χ4n) is 1.79. The van der Waals surface area contributed by atoms with E-state index in [4.69, 9.17) is 0 Å². The third-order valence-corrected chi connectivity index (χ3v) is 3.97. The van der Waals surface area contributed by atoms with E-state index in [0.29, 0.717) is 16.9 Å². The molecule has 3 rings (SSSR count). The summed E-state index contributed by atoms with van der Waals surface area (Å²) in [4.78, 5) is 6.58. The van der Waals surface area contributed by atoms with Crippen LogP contribution >= 0.6 is 0 Å². The molecule has 8 heteroatoms. The molecule has 2 heterocycles. The van der Waals surface area contributed by atoms with Crippen molar-refractivity contribution in [2.75, 3.05) is 4.72 Å². The molecule has 0 fully saturated rings. The first kappa shape index (κ1) is 11.7. The molecule has 98 valence electrons. The molecule has 3 aromatic rings. The summed E-state index contributed by atoms with van der Waals surface area (Å²) in [6, 6.07) is 5.25. The van der Waals surface area contributed by atoms with Crippen molar-refractivity contribution in [3.63, 3.8) is 0 Å². The molecule has 0 amide bonds. The number of imidazole rings is 1. The molecule has 7 nitrogen and oxygen atoms in total. The summed E-state index contributed by atoms with van der Waals surface area (Å²) in [6.45, 7) is 1.69. The predicted octanol–water partition coefficient (Wildman–Crippen LogP) is 1.40. The van der Waals surface area contributed by atoms with Crippen LogP contribution in [0.2, 0.25) is 0 Å². The largest absolute Gasteiger partial charge is 0.332 e. The number of aromatic amines is 2. The van der Waals surface area contributed by atoms with E-state index in [-0.39, 0.29) is 5.03 Å². The van der Waals surface area contributed by atoms with Gasteiger partial charge in [0.1, 0.15) is 5.82 Å². The highest BCUT2D eigenvalue weighted by Crippen LogP contribution is 2.23. The van der Waals surface area contributed by atoms with Crippen LogP contribution < -0.4 is 4.72 Å². The summed E-state index contributed by atoms with van der Waals surface area (Å²) in [5, 5.41) is 7.42. The Bertz CT molecular complexity index is 834. The van der Waals surface area contributed by atoms with E-state index in [1.54, 1.807) is 25.3 Å². The van der Waals surface area contributed by atoms with Crippen LogP contribution in [0, 0.1) is 6.92 Å². The van der Waals surface area contributed by atoms with Gasteiger partial charge in [-0.3, -0.25) is 9.82 Å². The second-order valence-corrected chi connectivity index (χ2v) is 5.73. The Hall–Kier alpha value is -2.35. The lowest BCUT2D eigenvalue weighted by molar-refractivity contribution is 0.598. The van der Waals surface area contributed by atoms with Gasteiger partial charge in [0, 0.05) is 5.39 Å². The Morgan fingerprint density at radius 2 is 2.11 bits per heavy atom. The van der Waals surface area contributed by atoms with Gasteiger partial charge in [0.05, 0.1) is 23.6 Å².